The number of rotatable bonds is 6. The minimum Gasteiger partial charge on any atom is -0.370 e. The average molecular weight is 479 g/mol. The van der Waals surface area contributed by atoms with Crippen molar-refractivity contribution in [3.8, 4) is 0 Å². The van der Waals surface area contributed by atoms with E-state index in [4.69, 9.17) is 4.74 Å². The monoisotopic (exact) mass is 478 g/mol. The van der Waals surface area contributed by atoms with Crippen molar-refractivity contribution in [1.29, 1.82) is 0 Å². The van der Waals surface area contributed by atoms with Crippen molar-refractivity contribution in [2.45, 2.75) is 17.5 Å². The van der Waals surface area contributed by atoms with Gasteiger partial charge in [-0.25, -0.2) is 21.9 Å². The summed E-state index contributed by atoms with van der Waals surface area (Å²) in [6.45, 7) is 0.947. The second kappa shape index (κ2) is 9.45. The molecule has 6 nitrogen and oxygen atoms in total. The first-order valence-electron chi connectivity index (χ1n) is 9.81. The number of nitrogens with zero attached hydrogens (tertiary/aromatic N) is 1. The molecule has 1 aliphatic heterocycles. The number of carbonyl (C=O) groups excluding carboxylic acids is 1. The summed E-state index contributed by atoms with van der Waals surface area (Å²) < 4.78 is 59.9. The van der Waals surface area contributed by atoms with Crippen LogP contribution in [-0.2, 0) is 21.3 Å². The van der Waals surface area contributed by atoms with Crippen LogP contribution >= 0.6 is 11.3 Å². The molecule has 0 aliphatic carbocycles. The van der Waals surface area contributed by atoms with E-state index in [2.05, 4.69) is 4.72 Å². The summed E-state index contributed by atoms with van der Waals surface area (Å²) in [5.74, 6) is -2.21. The fourth-order valence-electron chi connectivity index (χ4n) is 3.37. The molecule has 10 heteroatoms. The largest absolute Gasteiger partial charge is 0.370 e. The number of morpholine rings is 1. The first kappa shape index (κ1) is 22.5. The SMILES string of the molecule is O=C(c1ccc(S(=O)(=O)NCc2cccs2)cc1)N1CCOC(c2ccc(F)c(F)c2)C1. The van der Waals surface area contributed by atoms with Crippen molar-refractivity contribution in [3.63, 3.8) is 0 Å². The molecule has 168 valence electrons. The number of hydrogen-bond donors (Lipinski definition) is 1. The Hall–Kier alpha value is -2.66. The maximum atomic E-state index is 13.6. The molecule has 0 saturated carbocycles. The van der Waals surface area contributed by atoms with Crippen LogP contribution in [0.2, 0.25) is 0 Å². The van der Waals surface area contributed by atoms with Crippen LogP contribution < -0.4 is 4.72 Å². The van der Waals surface area contributed by atoms with Crippen molar-refractivity contribution in [2.24, 2.45) is 0 Å². The highest BCUT2D eigenvalue weighted by molar-refractivity contribution is 7.89. The van der Waals surface area contributed by atoms with Crippen LogP contribution in [0.25, 0.3) is 0 Å². The number of thiophene rings is 1. The molecule has 4 rings (SSSR count). The molecular formula is C22H20F2N2O4S2. The van der Waals surface area contributed by atoms with Crippen LogP contribution in [0.3, 0.4) is 0 Å². The van der Waals surface area contributed by atoms with Crippen LogP contribution in [-0.4, -0.2) is 38.9 Å². The van der Waals surface area contributed by atoms with Crippen LogP contribution in [0.4, 0.5) is 8.78 Å². The quantitative estimate of drug-likeness (QED) is 0.586. The van der Waals surface area contributed by atoms with E-state index >= 15 is 0 Å². The van der Waals surface area contributed by atoms with E-state index in [1.807, 2.05) is 17.5 Å². The third kappa shape index (κ3) is 5.04. The zero-order valence-corrected chi connectivity index (χ0v) is 18.5. The molecule has 0 spiro atoms. The van der Waals surface area contributed by atoms with Crippen molar-refractivity contribution in [3.05, 3.63) is 87.6 Å². The van der Waals surface area contributed by atoms with Gasteiger partial charge in [0.15, 0.2) is 11.6 Å². The van der Waals surface area contributed by atoms with Gasteiger partial charge in [-0.1, -0.05) is 12.1 Å². The van der Waals surface area contributed by atoms with Crippen molar-refractivity contribution >= 4 is 27.3 Å². The van der Waals surface area contributed by atoms with Gasteiger partial charge in [0.2, 0.25) is 10.0 Å². The van der Waals surface area contributed by atoms with Gasteiger partial charge in [-0.2, -0.15) is 0 Å². The second-order valence-corrected chi connectivity index (χ2v) is 10.0. The van der Waals surface area contributed by atoms with E-state index in [0.717, 1.165) is 17.0 Å². The van der Waals surface area contributed by atoms with Crippen LogP contribution in [0.15, 0.2) is 64.9 Å². The molecule has 1 unspecified atom stereocenters. The van der Waals surface area contributed by atoms with Crippen molar-refractivity contribution in [2.75, 3.05) is 19.7 Å². The van der Waals surface area contributed by atoms with Gasteiger partial charge in [0, 0.05) is 23.5 Å². The normalized spacial score (nSPS) is 16.8. The number of ether oxygens (including phenoxy) is 1. The standard InChI is InChI=1S/C22H20F2N2O4S2/c23-19-8-5-16(12-20(19)24)21-14-26(9-10-30-21)22(27)15-3-6-18(7-4-15)32(28,29)25-13-17-2-1-11-31-17/h1-8,11-12,21,25H,9-10,13-14H2. The highest BCUT2D eigenvalue weighted by atomic mass is 32.2. The summed E-state index contributed by atoms with van der Waals surface area (Å²) in [7, 11) is -3.71. The summed E-state index contributed by atoms with van der Waals surface area (Å²) in [6, 6.07) is 12.9. The van der Waals surface area contributed by atoms with Gasteiger partial charge < -0.3 is 9.64 Å². The van der Waals surface area contributed by atoms with E-state index in [-0.39, 0.29) is 30.5 Å². The number of halogens is 2. The summed E-state index contributed by atoms with van der Waals surface area (Å²) in [4.78, 5) is 15.4. The van der Waals surface area contributed by atoms with Crippen LogP contribution in [0.1, 0.15) is 26.9 Å². The summed E-state index contributed by atoms with van der Waals surface area (Å²) >= 11 is 1.45. The molecule has 1 saturated heterocycles. The molecule has 1 aromatic heterocycles. The molecule has 1 aliphatic rings. The Morgan fingerprint density at radius 3 is 2.59 bits per heavy atom. The van der Waals surface area contributed by atoms with Gasteiger partial charge >= 0.3 is 0 Å². The number of carbonyl (C=O) groups is 1. The topological polar surface area (TPSA) is 75.7 Å². The fraction of sp³-hybridized carbons (Fsp3) is 0.227. The van der Waals surface area contributed by atoms with Gasteiger partial charge in [0.05, 0.1) is 18.0 Å². The lowest BCUT2D eigenvalue weighted by molar-refractivity contribution is -0.0229. The number of sulfonamides is 1. The van der Waals surface area contributed by atoms with Gasteiger partial charge in [0.25, 0.3) is 5.91 Å². The number of benzene rings is 2. The van der Waals surface area contributed by atoms with Gasteiger partial charge in [-0.3, -0.25) is 4.79 Å². The predicted octanol–water partition coefficient (Wildman–Crippen LogP) is 3.72. The van der Waals surface area contributed by atoms with E-state index in [9.17, 15) is 22.0 Å². The Balaban J connectivity index is 1.43. The Kier molecular flexibility index (Phi) is 6.66. The van der Waals surface area contributed by atoms with Gasteiger partial charge in [-0.05, 0) is 53.4 Å². The molecule has 3 aromatic rings. The van der Waals surface area contributed by atoms with E-state index < -0.39 is 27.8 Å². The molecule has 1 atom stereocenters. The lowest BCUT2D eigenvalue weighted by atomic mass is 10.1. The maximum absolute atomic E-state index is 13.6. The van der Waals surface area contributed by atoms with E-state index in [0.29, 0.717) is 17.7 Å². The highest BCUT2D eigenvalue weighted by Crippen LogP contribution is 2.25. The third-order valence-electron chi connectivity index (χ3n) is 5.10. The molecule has 32 heavy (non-hydrogen) atoms. The molecule has 1 N–H and O–H groups in total. The smallest absolute Gasteiger partial charge is 0.254 e. The van der Waals surface area contributed by atoms with Gasteiger partial charge in [-0.15, -0.1) is 11.3 Å². The van der Waals surface area contributed by atoms with Crippen molar-refractivity contribution < 1.29 is 26.7 Å². The molecule has 2 heterocycles. The molecule has 2 aromatic carbocycles. The zero-order chi connectivity index (χ0) is 22.7. The Morgan fingerprint density at radius 1 is 1.12 bits per heavy atom. The highest BCUT2D eigenvalue weighted by Gasteiger charge is 2.27. The van der Waals surface area contributed by atoms with Crippen molar-refractivity contribution in [1.82, 2.24) is 9.62 Å². The average Bonchev–Trinajstić information content (AvgIpc) is 3.33. The summed E-state index contributed by atoms with van der Waals surface area (Å²) in [5.41, 5.74) is 0.771. The minimum absolute atomic E-state index is 0.0623. The minimum atomic E-state index is -3.71. The molecule has 0 bridgehead atoms. The molecule has 1 amide bonds. The summed E-state index contributed by atoms with van der Waals surface area (Å²) in [5, 5.41) is 1.87. The Bertz CT molecular complexity index is 1200. The molecule has 0 radical (unpaired) electrons. The fourth-order valence-corrected chi connectivity index (χ4v) is 5.11. The Labute approximate surface area is 188 Å². The first-order chi connectivity index (χ1) is 15.3. The third-order valence-corrected chi connectivity index (χ3v) is 7.39. The Morgan fingerprint density at radius 2 is 1.91 bits per heavy atom. The first-order valence-corrected chi connectivity index (χ1v) is 12.2. The number of amides is 1. The van der Waals surface area contributed by atoms with E-state index in [1.54, 1.807) is 4.90 Å². The molecule has 1 fully saturated rings. The molecular weight excluding hydrogens is 458 g/mol. The van der Waals surface area contributed by atoms with Crippen LogP contribution in [0.5, 0.6) is 0 Å². The predicted molar refractivity (Wildman–Crippen MR) is 116 cm³/mol. The second-order valence-electron chi connectivity index (χ2n) is 7.21. The summed E-state index contributed by atoms with van der Waals surface area (Å²) in [6.07, 6.45) is -0.580. The number of hydrogen-bond acceptors (Lipinski definition) is 5. The van der Waals surface area contributed by atoms with Gasteiger partial charge in [0.1, 0.15) is 6.10 Å². The number of nitrogens with one attached hydrogen (secondary N) is 1. The van der Waals surface area contributed by atoms with E-state index in [1.165, 1.54) is 41.7 Å². The zero-order valence-electron chi connectivity index (χ0n) is 16.8. The maximum Gasteiger partial charge on any atom is 0.254 e. The lowest BCUT2D eigenvalue weighted by Gasteiger charge is -2.33. The van der Waals surface area contributed by atoms with Crippen LogP contribution in [0, 0.1) is 11.6 Å². The lowest BCUT2D eigenvalue weighted by Crippen LogP contribution is -2.42.